The van der Waals surface area contributed by atoms with Crippen molar-refractivity contribution in [2.45, 2.75) is 0 Å². The molecule has 0 fully saturated rings. The van der Waals surface area contributed by atoms with Gasteiger partial charge in [-0.1, -0.05) is 6.07 Å². The maximum Gasteiger partial charge on any atom is 0.295 e. The summed E-state index contributed by atoms with van der Waals surface area (Å²) >= 11 is 1.89. The van der Waals surface area contributed by atoms with Gasteiger partial charge in [0.15, 0.2) is 0 Å². The van der Waals surface area contributed by atoms with Crippen LogP contribution in [0.15, 0.2) is 23.3 Å². The molecular formula is C9H4IN5O2. The molecule has 8 heteroatoms. The first-order valence-electron chi connectivity index (χ1n) is 4.17. The van der Waals surface area contributed by atoms with E-state index in [1.54, 1.807) is 18.2 Å². The molecule has 0 amide bonds. The number of rotatable bonds is 3. The molecule has 0 heterocycles. The minimum Gasteiger partial charge on any atom is -0.269 e. The molecule has 0 aliphatic rings. The molecule has 1 aromatic rings. The number of nitro groups is 1. The third-order valence-corrected chi connectivity index (χ3v) is 2.58. The van der Waals surface area contributed by atoms with Crippen LogP contribution in [0, 0.1) is 36.3 Å². The standard InChI is InChI=1S/C9H4IN5O2/c10-7-2-1-3-8(15(16)17)9(7)14-13-6(4-11)5-12/h1-3,14H. The smallest absolute Gasteiger partial charge is 0.269 e. The highest BCUT2D eigenvalue weighted by atomic mass is 127. The first kappa shape index (κ1) is 12.9. The average molecular weight is 341 g/mol. The molecule has 0 aliphatic carbocycles. The van der Waals surface area contributed by atoms with E-state index in [9.17, 15) is 10.1 Å². The maximum absolute atomic E-state index is 10.7. The van der Waals surface area contributed by atoms with Gasteiger partial charge in [-0.2, -0.15) is 15.6 Å². The highest BCUT2D eigenvalue weighted by molar-refractivity contribution is 14.1. The Morgan fingerprint density at radius 1 is 1.47 bits per heavy atom. The molecule has 17 heavy (non-hydrogen) atoms. The lowest BCUT2D eigenvalue weighted by atomic mass is 10.3. The van der Waals surface area contributed by atoms with Gasteiger partial charge in [-0.15, -0.1) is 0 Å². The molecule has 1 rings (SSSR count). The van der Waals surface area contributed by atoms with Gasteiger partial charge >= 0.3 is 0 Å². The minimum atomic E-state index is -0.571. The van der Waals surface area contributed by atoms with Crippen LogP contribution in [0.4, 0.5) is 11.4 Å². The summed E-state index contributed by atoms with van der Waals surface area (Å²) in [6, 6.07) is 7.57. The first-order valence-corrected chi connectivity index (χ1v) is 5.24. The van der Waals surface area contributed by atoms with Crippen molar-refractivity contribution < 1.29 is 4.92 Å². The lowest BCUT2D eigenvalue weighted by Gasteiger charge is -2.03. The van der Waals surface area contributed by atoms with Gasteiger partial charge in [0.05, 0.1) is 4.92 Å². The van der Waals surface area contributed by atoms with E-state index in [0.29, 0.717) is 3.57 Å². The Hall–Kier alpha value is -2.20. The van der Waals surface area contributed by atoms with Crippen LogP contribution in [0.3, 0.4) is 0 Å². The van der Waals surface area contributed by atoms with Crippen LogP contribution < -0.4 is 5.43 Å². The molecule has 7 nitrogen and oxygen atoms in total. The van der Waals surface area contributed by atoms with Crippen molar-refractivity contribution in [3.63, 3.8) is 0 Å². The van der Waals surface area contributed by atoms with Crippen LogP contribution in [-0.4, -0.2) is 10.6 Å². The van der Waals surface area contributed by atoms with Crippen LogP contribution in [0.1, 0.15) is 0 Å². The molecule has 0 aliphatic heterocycles. The van der Waals surface area contributed by atoms with E-state index in [-0.39, 0.29) is 11.4 Å². The normalized spacial score (nSPS) is 8.65. The Labute approximate surface area is 110 Å². The number of nitriles is 2. The number of halogens is 1. The molecule has 1 N–H and O–H groups in total. The monoisotopic (exact) mass is 341 g/mol. The quantitative estimate of drug-likeness (QED) is 0.391. The summed E-state index contributed by atoms with van der Waals surface area (Å²) in [4.78, 5) is 10.2. The summed E-state index contributed by atoms with van der Waals surface area (Å²) in [5, 5.41) is 31.2. The molecule has 0 aromatic heterocycles. The van der Waals surface area contributed by atoms with Gasteiger partial charge in [-0.3, -0.25) is 15.5 Å². The largest absolute Gasteiger partial charge is 0.295 e. The summed E-state index contributed by atoms with van der Waals surface area (Å²) in [6.45, 7) is 0. The van der Waals surface area contributed by atoms with Gasteiger partial charge in [-0.05, 0) is 28.7 Å². The van der Waals surface area contributed by atoms with Crippen LogP contribution >= 0.6 is 22.6 Å². The van der Waals surface area contributed by atoms with Crippen molar-refractivity contribution in [3.05, 3.63) is 31.9 Å². The number of hydrogen-bond acceptors (Lipinski definition) is 6. The minimum absolute atomic E-state index is 0.154. The van der Waals surface area contributed by atoms with E-state index < -0.39 is 10.6 Å². The number of anilines is 1. The topological polar surface area (TPSA) is 115 Å². The zero-order valence-electron chi connectivity index (χ0n) is 8.22. The van der Waals surface area contributed by atoms with Crippen LogP contribution in [0.5, 0.6) is 0 Å². The molecule has 0 spiro atoms. The predicted octanol–water partition coefficient (Wildman–Crippen LogP) is 2.01. The second-order valence-electron chi connectivity index (χ2n) is 2.69. The van der Waals surface area contributed by atoms with E-state index in [1.165, 1.54) is 12.1 Å². The lowest BCUT2D eigenvalue weighted by molar-refractivity contribution is -0.384. The van der Waals surface area contributed by atoms with Crippen LogP contribution in [0.2, 0.25) is 0 Å². The van der Waals surface area contributed by atoms with Crippen molar-refractivity contribution in [3.8, 4) is 12.1 Å². The highest BCUT2D eigenvalue weighted by Gasteiger charge is 2.15. The molecular weight excluding hydrogens is 337 g/mol. The van der Waals surface area contributed by atoms with Crippen molar-refractivity contribution in [1.82, 2.24) is 0 Å². The third-order valence-electron chi connectivity index (χ3n) is 1.68. The van der Waals surface area contributed by atoms with Gasteiger partial charge in [0, 0.05) is 9.64 Å². The molecule has 0 radical (unpaired) electrons. The number of hydrogen-bond donors (Lipinski definition) is 1. The van der Waals surface area contributed by atoms with E-state index in [4.69, 9.17) is 10.5 Å². The van der Waals surface area contributed by atoms with Gasteiger partial charge in [-0.25, -0.2) is 0 Å². The van der Waals surface area contributed by atoms with Gasteiger partial charge in [0.2, 0.25) is 5.71 Å². The number of nitro benzene ring substituents is 1. The van der Waals surface area contributed by atoms with E-state index in [2.05, 4.69) is 10.5 Å². The SMILES string of the molecule is N#CC(C#N)=NNc1c(I)cccc1[N+](=O)[O-]. The number of hydrazone groups is 1. The molecule has 0 saturated heterocycles. The van der Waals surface area contributed by atoms with Crippen molar-refractivity contribution >= 4 is 39.7 Å². The molecule has 0 saturated carbocycles. The van der Waals surface area contributed by atoms with Gasteiger partial charge < -0.3 is 0 Å². The van der Waals surface area contributed by atoms with Crippen molar-refractivity contribution in [2.24, 2.45) is 5.10 Å². The fourth-order valence-electron chi connectivity index (χ4n) is 0.962. The average Bonchev–Trinajstić information content (AvgIpc) is 2.31. The Morgan fingerprint density at radius 2 is 2.12 bits per heavy atom. The second-order valence-corrected chi connectivity index (χ2v) is 3.85. The van der Waals surface area contributed by atoms with Crippen LogP contribution in [0.25, 0.3) is 0 Å². The molecule has 0 bridgehead atoms. The summed E-state index contributed by atoms with van der Waals surface area (Å²) in [7, 11) is 0. The zero-order valence-corrected chi connectivity index (χ0v) is 10.4. The lowest BCUT2D eigenvalue weighted by Crippen LogP contribution is -2.01. The molecule has 84 valence electrons. The van der Waals surface area contributed by atoms with Gasteiger partial charge in [0.25, 0.3) is 5.69 Å². The van der Waals surface area contributed by atoms with Crippen molar-refractivity contribution in [2.75, 3.05) is 5.43 Å². The number of para-hydroxylation sites is 1. The number of nitrogens with zero attached hydrogens (tertiary/aromatic N) is 4. The Bertz CT molecular complexity index is 554. The summed E-state index contributed by atoms with van der Waals surface area (Å²) in [5.41, 5.74) is 1.94. The Balaban J connectivity index is 3.16. The summed E-state index contributed by atoms with van der Waals surface area (Å²) in [6.07, 6.45) is 0. The highest BCUT2D eigenvalue weighted by Crippen LogP contribution is 2.29. The van der Waals surface area contributed by atoms with Gasteiger partial charge in [0.1, 0.15) is 17.8 Å². The summed E-state index contributed by atoms with van der Waals surface area (Å²) in [5.74, 6) is 0. The van der Waals surface area contributed by atoms with Crippen LogP contribution in [-0.2, 0) is 0 Å². The predicted molar refractivity (Wildman–Crippen MR) is 68.1 cm³/mol. The molecule has 0 atom stereocenters. The Kier molecular flexibility index (Phi) is 4.37. The third kappa shape index (κ3) is 3.12. The fourth-order valence-corrected chi connectivity index (χ4v) is 1.57. The van der Waals surface area contributed by atoms with E-state index in [1.807, 2.05) is 22.6 Å². The first-order chi connectivity index (χ1) is 8.10. The summed E-state index contributed by atoms with van der Waals surface area (Å²) < 4.78 is 0.566. The second kappa shape index (κ2) is 5.77. The number of nitrogens with one attached hydrogen (secondary N) is 1. The maximum atomic E-state index is 10.7. The Morgan fingerprint density at radius 3 is 2.65 bits per heavy atom. The zero-order chi connectivity index (χ0) is 12.8. The fraction of sp³-hybridized carbons (Fsp3) is 0. The molecule has 1 aromatic carbocycles. The van der Waals surface area contributed by atoms with E-state index in [0.717, 1.165) is 0 Å². The van der Waals surface area contributed by atoms with Crippen molar-refractivity contribution in [1.29, 1.82) is 10.5 Å². The van der Waals surface area contributed by atoms with E-state index >= 15 is 0 Å². The molecule has 0 unspecified atom stereocenters. The number of benzene rings is 1.